The number of ether oxygens (including phenoxy) is 1. The van der Waals surface area contributed by atoms with E-state index in [0.717, 1.165) is 35.0 Å². The maximum atomic E-state index is 5.73. The van der Waals surface area contributed by atoms with Crippen LogP contribution in [0, 0.1) is 0 Å². The molecule has 0 aliphatic carbocycles. The molecule has 0 bridgehead atoms. The maximum absolute atomic E-state index is 5.73. The highest BCUT2D eigenvalue weighted by atomic mass is 32.1. The molecule has 1 atom stereocenters. The number of aryl methyl sites for hydroxylation is 1. The van der Waals surface area contributed by atoms with Gasteiger partial charge in [0.15, 0.2) is 0 Å². The van der Waals surface area contributed by atoms with Crippen LogP contribution in [0.4, 0.5) is 0 Å². The fourth-order valence-corrected chi connectivity index (χ4v) is 2.41. The van der Waals surface area contributed by atoms with Gasteiger partial charge in [-0.3, -0.25) is 4.98 Å². The molecular formula is C14H19N3OS. The molecule has 2 N–H and O–H groups in total. The fourth-order valence-electron chi connectivity index (χ4n) is 1.68. The topological polar surface area (TPSA) is 61.0 Å². The Kier molecular flexibility index (Phi) is 4.87. The second kappa shape index (κ2) is 6.63. The van der Waals surface area contributed by atoms with Crippen LogP contribution in [0.2, 0.25) is 0 Å². The summed E-state index contributed by atoms with van der Waals surface area (Å²) in [7, 11) is 0. The lowest BCUT2D eigenvalue weighted by molar-refractivity contribution is 0.300. The van der Waals surface area contributed by atoms with Crippen LogP contribution in [0.3, 0.4) is 0 Å². The first-order valence-corrected chi connectivity index (χ1v) is 7.32. The molecule has 0 aliphatic heterocycles. The first-order valence-electron chi connectivity index (χ1n) is 6.44. The Bertz CT molecular complexity index is 508. The molecule has 0 aliphatic rings. The predicted molar refractivity (Wildman–Crippen MR) is 77.4 cm³/mol. The highest BCUT2D eigenvalue weighted by Gasteiger charge is 2.03. The molecule has 2 heterocycles. The number of pyridine rings is 1. The van der Waals surface area contributed by atoms with Crippen LogP contribution in [0.15, 0.2) is 23.7 Å². The fraction of sp³-hybridized carbons (Fsp3) is 0.429. The molecule has 19 heavy (non-hydrogen) atoms. The smallest absolute Gasteiger partial charge is 0.138 e. The average molecular weight is 277 g/mol. The van der Waals surface area contributed by atoms with Gasteiger partial charge < -0.3 is 10.5 Å². The first-order chi connectivity index (χ1) is 9.17. The molecule has 1 unspecified atom stereocenters. The molecule has 0 spiro atoms. The molecule has 0 saturated heterocycles. The standard InChI is InChI=1S/C14H19N3OS/c1-3-14-17-12(9-19-14)8-18-13-5-4-11(16-7-13)6-10(2)15/h4-5,7,9-10H,3,6,8,15H2,1-2H3. The van der Waals surface area contributed by atoms with Gasteiger partial charge in [0, 0.05) is 23.5 Å². The number of thiazole rings is 1. The highest BCUT2D eigenvalue weighted by Crippen LogP contribution is 2.15. The summed E-state index contributed by atoms with van der Waals surface area (Å²) in [5.74, 6) is 0.763. The number of nitrogens with zero attached hydrogens (tertiary/aromatic N) is 2. The van der Waals surface area contributed by atoms with Crippen molar-refractivity contribution in [2.75, 3.05) is 0 Å². The molecule has 2 aromatic heterocycles. The first kappa shape index (κ1) is 14.0. The van der Waals surface area contributed by atoms with Gasteiger partial charge in [0.2, 0.25) is 0 Å². The normalized spacial score (nSPS) is 12.4. The number of nitrogens with two attached hydrogens (primary N) is 1. The molecule has 102 valence electrons. The van der Waals surface area contributed by atoms with E-state index in [1.165, 1.54) is 0 Å². The Hall–Kier alpha value is -1.46. The maximum Gasteiger partial charge on any atom is 0.138 e. The van der Waals surface area contributed by atoms with E-state index in [2.05, 4.69) is 16.9 Å². The Morgan fingerprint density at radius 3 is 2.79 bits per heavy atom. The Morgan fingerprint density at radius 2 is 2.21 bits per heavy atom. The number of hydrogen-bond acceptors (Lipinski definition) is 5. The van der Waals surface area contributed by atoms with Crippen LogP contribution in [0.5, 0.6) is 5.75 Å². The van der Waals surface area contributed by atoms with E-state index in [4.69, 9.17) is 10.5 Å². The molecule has 2 rings (SSSR count). The van der Waals surface area contributed by atoms with Crippen molar-refractivity contribution in [2.45, 2.75) is 39.3 Å². The van der Waals surface area contributed by atoms with Crippen LogP contribution in [-0.2, 0) is 19.4 Å². The van der Waals surface area contributed by atoms with E-state index in [0.29, 0.717) is 6.61 Å². The summed E-state index contributed by atoms with van der Waals surface area (Å²) in [4.78, 5) is 8.79. The summed E-state index contributed by atoms with van der Waals surface area (Å²) < 4.78 is 5.66. The predicted octanol–water partition coefficient (Wildman–Crippen LogP) is 2.57. The van der Waals surface area contributed by atoms with E-state index in [-0.39, 0.29) is 6.04 Å². The summed E-state index contributed by atoms with van der Waals surface area (Å²) >= 11 is 1.67. The highest BCUT2D eigenvalue weighted by molar-refractivity contribution is 7.09. The minimum atomic E-state index is 0.127. The third kappa shape index (κ3) is 4.29. The summed E-state index contributed by atoms with van der Waals surface area (Å²) in [5, 5.41) is 3.18. The summed E-state index contributed by atoms with van der Waals surface area (Å²) in [6.07, 6.45) is 3.50. The van der Waals surface area contributed by atoms with E-state index < -0.39 is 0 Å². The largest absolute Gasteiger partial charge is 0.486 e. The summed E-state index contributed by atoms with van der Waals surface area (Å²) in [6.45, 7) is 4.56. The molecule has 0 saturated carbocycles. The molecule has 0 aromatic carbocycles. The molecule has 4 nitrogen and oxygen atoms in total. The van der Waals surface area contributed by atoms with Gasteiger partial charge in [-0.05, 0) is 25.5 Å². The zero-order chi connectivity index (χ0) is 13.7. The van der Waals surface area contributed by atoms with Crippen molar-refractivity contribution in [2.24, 2.45) is 5.73 Å². The number of rotatable bonds is 6. The summed E-state index contributed by atoms with van der Waals surface area (Å²) in [5.41, 5.74) is 7.70. The molecule has 2 aromatic rings. The summed E-state index contributed by atoms with van der Waals surface area (Å²) in [6, 6.07) is 4.01. The van der Waals surface area contributed by atoms with E-state index >= 15 is 0 Å². The number of aromatic nitrogens is 2. The third-order valence-corrected chi connectivity index (χ3v) is 3.66. The molecular weight excluding hydrogens is 258 g/mol. The van der Waals surface area contributed by atoms with Crippen molar-refractivity contribution >= 4 is 11.3 Å². The molecule has 0 amide bonds. The third-order valence-electron chi connectivity index (χ3n) is 2.62. The van der Waals surface area contributed by atoms with Crippen molar-refractivity contribution < 1.29 is 4.74 Å². The second-order valence-corrected chi connectivity index (χ2v) is 5.48. The van der Waals surface area contributed by atoms with Crippen molar-refractivity contribution in [3.05, 3.63) is 40.1 Å². The van der Waals surface area contributed by atoms with Gasteiger partial charge in [-0.25, -0.2) is 4.98 Å². The average Bonchev–Trinajstić information content (AvgIpc) is 2.85. The van der Waals surface area contributed by atoms with E-state index in [1.807, 2.05) is 24.4 Å². The van der Waals surface area contributed by atoms with E-state index in [1.54, 1.807) is 17.5 Å². The van der Waals surface area contributed by atoms with Crippen molar-refractivity contribution in [1.29, 1.82) is 0 Å². The van der Waals surface area contributed by atoms with Crippen molar-refractivity contribution in [3.63, 3.8) is 0 Å². The Labute approximate surface area is 117 Å². The number of hydrogen-bond donors (Lipinski definition) is 1. The molecule has 0 radical (unpaired) electrons. The van der Waals surface area contributed by atoms with Crippen LogP contribution in [-0.4, -0.2) is 16.0 Å². The van der Waals surface area contributed by atoms with Crippen molar-refractivity contribution in [3.8, 4) is 5.75 Å². The monoisotopic (exact) mass is 277 g/mol. The lowest BCUT2D eigenvalue weighted by atomic mass is 10.2. The minimum absolute atomic E-state index is 0.127. The SMILES string of the molecule is CCc1nc(COc2ccc(CC(C)N)nc2)cs1. The Balaban J connectivity index is 1.89. The van der Waals surface area contributed by atoms with Gasteiger partial charge in [0.1, 0.15) is 12.4 Å². The lowest BCUT2D eigenvalue weighted by Crippen LogP contribution is -2.18. The zero-order valence-electron chi connectivity index (χ0n) is 11.3. The van der Waals surface area contributed by atoms with Gasteiger partial charge in [-0.2, -0.15) is 0 Å². The van der Waals surface area contributed by atoms with Gasteiger partial charge in [0.05, 0.1) is 16.9 Å². The van der Waals surface area contributed by atoms with Crippen molar-refractivity contribution in [1.82, 2.24) is 9.97 Å². The van der Waals surface area contributed by atoms with Crippen LogP contribution < -0.4 is 10.5 Å². The van der Waals surface area contributed by atoms with Crippen LogP contribution in [0.25, 0.3) is 0 Å². The lowest BCUT2D eigenvalue weighted by Gasteiger charge is -2.06. The quantitative estimate of drug-likeness (QED) is 0.881. The second-order valence-electron chi connectivity index (χ2n) is 4.54. The zero-order valence-corrected chi connectivity index (χ0v) is 12.1. The van der Waals surface area contributed by atoms with Gasteiger partial charge in [-0.15, -0.1) is 11.3 Å². The van der Waals surface area contributed by atoms with E-state index in [9.17, 15) is 0 Å². The molecule has 5 heteroatoms. The van der Waals surface area contributed by atoms with Crippen LogP contribution >= 0.6 is 11.3 Å². The van der Waals surface area contributed by atoms with Gasteiger partial charge in [0.25, 0.3) is 0 Å². The van der Waals surface area contributed by atoms with Gasteiger partial charge in [-0.1, -0.05) is 6.92 Å². The van der Waals surface area contributed by atoms with Gasteiger partial charge >= 0.3 is 0 Å². The molecule has 0 fully saturated rings. The minimum Gasteiger partial charge on any atom is -0.486 e. The Morgan fingerprint density at radius 1 is 1.37 bits per heavy atom. The van der Waals surface area contributed by atoms with Crippen LogP contribution in [0.1, 0.15) is 30.2 Å².